The summed E-state index contributed by atoms with van der Waals surface area (Å²) in [5, 5.41) is 0. The number of nitrogens with one attached hydrogen (secondary N) is 1. The number of H-pyrrole nitrogens is 1. The van der Waals surface area contributed by atoms with E-state index in [1.165, 1.54) is 10.1 Å². The summed E-state index contributed by atoms with van der Waals surface area (Å²) < 4.78 is 6.50. The zero-order valence-electron chi connectivity index (χ0n) is 16.4. The second kappa shape index (κ2) is 6.82. The number of methoxy groups -OCH3 is 1. The molecule has 0 saturated carbocycles. The molecule has 3 aromatic rings. The molecule has 0 atom stereocenters. The zero-order chi connectivity index (χ0) is 19.9. The van der Waals surface area contributed by atoms with E-state index in [-0.39, 0.29) is 11.0 Å². The Bertz CT molecular complexity index is 1150. The van der Waals surface area contributed by atoms with Crippen molar-refractivity contribution in [1.82, 2.24) is 9.55 Å². The molecule has 28 heavy (non-hydrogen) atoms. The number of aromatic amines is 1. The average Bonchev–Trinajstić information content (AvgIpc) is 2.73. The molecule has 0 saturated heterocycles. The maximum atomic E-state index is 13.7. The van der Waals surface area contributed by atoms with Gasteiger partial charge in [-0.25, -0.2) is 9.36 Å². The molecule has 5 heteroatoms. The van der Waals surface area contributed by atoms with Crippen LogP contribution in [-0.4, -0.2) is 16.7 Å². The van der Waals surface area contributed by atoms with Crippen LogP contribution >= 0.6 is 0 Å². The van der Waals surface area contributed by atoms with E-state index in [1.807, 2.05) is 18.2 Å². The first-order valence-electron chi connectivity index (χ1n) is 9.67. The molecule has 0 spiro atoms. The van der Waals surface area contributed by atoms with Gasteiger partial charge in [0.2, 0.25) is 0 Å². The molecule has 0 amide bonds. The van der Waals surface area contributed by atoms with Gasteiger partial charge in [0.1, 0.15) is 5.75 Å². The van der Waals surface area contributed by atoms with Crippen molar-refractivity contribution in [2.75, 3.05) is 7.11 Å². The van der Waals surface area contributed by atoms with Gasteiger partial charge in [0.15, 0.2) is 0 Å². The lowest BCUT2D eigenvalue weighted by atomic mass is 9.66. The van der Waals surface area contributed by atoms with Crippen molar-refractivity contribution in [2.24, 2.45) is 0 Å². The maximum absolute atomic E-state index is 13.7. The number of hydrogen-bond donors (Lipinski definition) is 1. The highest BCUT2D eigenvalue weighted by molar-refractivity contribution is 5.71. The molecule has 1 aliphatic rings. The van der Waals surface area contributed by atoms with Crippen molar-refractivity contribution in [3.05, 3.63) is 80.5 Å². The summed E-state index contributed by atoms with van der Waals surface area (Å²) in [4.78, 5) is 29.7. The molecule has 0 radical (unpaired) electrons. The summed E-state index contributed by atoms with van der Waals surface area (Å²) in [5.74, 6) is 0.601. The number of aromatic nitrogens is 2. The lowest BCUT2D eigenvalue weighted by Crippen LogP contribution is -2.45. The van der Waals surface area contributed by atoms with Crippen molar-refractivity contribution in [2.45, 2.75) is 38.5 Å². The van der Waals surface area contributed by atoms with Crippen LogP contribution in [0.2, 0.25) is 0 Å². The first-order valence-corrected chi connectivity index (χ1v) is 9.67. The van der Waals surface area contributed by atoms with Crippen LogP contribution < -0.4 is 16.0 Å². The van der Waals surface area contributed by atoms with Gasteiger partial charge in [0.05, 0.1) is 18.5 Å². The van der Waals surface area contributed by atoms with Crippen molar-refractivity contribution >= 4 is 0 Å². The van der Waals surface area contributed by atoms with Gasteiger partial charge in [0, 0.05) is 22.6 Å². The molecule has 5 nitrogen and oxygen atoms in total. The first kappa shape index (κ1) is 18.3. The maximum Gasteiger partial charge on any atom is 0.333 e. The number of rotatable bonds is 4. The molecule has 0 unspecified atom stereocenters. The van der Waals surface area contributed by atoms with Crippen molar-refractivity contribution in [3.8, 4) is 22.7 Å². The normalized spacial score (nSPS) is 14.2. The van der Waals surface area contributed by atoms with Crippen LogP contribution in [-0.2, 0) is 11.8 Å². The van der Waals surface area contributed by atoms with Crippen molar-refractivity contribution in [1.29, 1.82) is 0 Å². The molecule has 0 bridgehead atoms. The molecule has 144 valence electrons. The highest BCUT2D eigenvalue weighted by Gasteiger charge is 2.40. The first-order chi connectivity index (χ1) is 13.5. The van der Waals surface area contributed by atoms with Crippen molar-refractivity contribution < 1.29 is 4.74 Å². The second-order valence-corrected chi connectivity index (χ2v) is 7.34. The van der Waals surface area contributed by atoms with E-state index in [0.717, 1.165) is 24.8 Å². The Morgan fingerprint density at radius 3 is 2.54 bits per heavy atom. The van der Waals surface area contributed by atoms with E-state index < -0.39 is 5.69 Å². The van der Waals surface area contributed by atoms with Crippen LogP contribution in [0.3, 0.4) is 0 Å². The molecule has 0 fully saturated rings. The zero-order valence-corrected chi connectivity index (χ0v) is 16.4. The van der Waals surface area contributed by atoms with Crippen molar-refractivity contribution in [3.63, 3.8) is 0 Å². The monoisotopic (exact) mass is 376 g/mol. The van der Waals surface area contributed by atoms with E-state index >= 15 is 0 Å². The molecule has 4 rings (SSSR count). The Morgan fingerprint density at radius 2 is 1.82 bits per heavy atom. The number of benzene rings is 2. The summed E-state index contributed by atoms with van der Waals surface area (Å²) >= 11 is 0. The van der Waals surface area contributed by atoms with Crippen LogP contribution in [0.5, 0.6) is 5.75 Å². The summed E-state index contributed by atoms with van der Waals surface area (Å²) in [6, 6.07) is 15.1. The van der Waals surface area contributed by atoms with Crippen LogP contribution in [0, 0.1) is 0 Å². The average molecular weight is 376 g/mol. The molecule has 0 aliphatic heterocycles. The fourth-order valence-corrected chi connectivity index (χ4v) is 4.44. The minimum atomic E-state index is -0.435. The minimum absolute atomic E-state index is 0.245. The summed E-state index contributed by atoms with van der Waals surface area (Å²) in [6.45, 7) is 4.23. The van der Waals surface area contributed by atoms with Gasteiger partial charge in [-0.05, 0) is 37.0 Å². The van der Waals surface area contributed by atoms with E-state index in [1.54, 1.807) is 31.4 Å². The van der Waals surface area contributed by atoms with E-state index in [4.69, 9.17) is 4.74 Å². The highest BCUT2D eigenvalue weighted by atomic mass is 16.5. The molecular formula is C23H24N2O3. The molecular weight excluding hydrogens is 352 g/mol. The quantitative estimate of drug-likeness (QED) is 0.753. The largest absolute Gasteiger partial charge is 0.497 e. The van der Waals surface area contributed by atoms with E-state index in [2.05, 4.69) is 24.9 Å². The topological polar surface area (TPSA) is 64.1 Å². The van der Waals surface area contributed by atoms with Crippen LogP contribution in [0.4, 0.5) is 0 Å². The third-order valence-electron chi connectivity index (χ3n) is 6.11. The third kappa shape index (κ3) is 2.61. The van der Waals surface area contributed by atoms with Gasteiger partial charge >= 0.3 is 5.69 Å². The number of nitrogens with zero attached hydrogens (tertiary/aromatic N) is 1. The van der Waals surface area contributed by atoms with Crippen LogP contribution in [0.25, 0.3) is 16.9 Å². The van der Waals surface area contributed by atoms with Gasteiger partial charge in [-0.15, -0.1) is 0 Å². The Labute approximate surface area is 163 Å². The number of hydrogen-bond acceptors (Lipinski definition) is 3. The Hall–Kier alpha value is -3.08. The van der Waals surface area contributed by atoms with Gasteiger partial charge in [0.25, 0.3) is 5.56 Å². The fourth-order valence-electron chi connectivity index (χ4n) is 4.44. The van der Waals surface area contributed by atoms with Crippen LogP contribution in [0.1, 0.15) is 37.8 Å². The van der Waals surface area contributed by atoms with Gasteiger partial charge in [-0.2, -0.15) is 0 Å². The summed E-state index contributed by atoms with van der Waals surface area (Å²) in [7, 11) is 1.56. The number of fused-ring (bicyclic) bond motifs is 3. The molecule has 1 aromatic heterocycles. The molecule has 1 aliphatic carbocycles. The Balaban J connectivity index is 2.08. The standard InChI is InChI=1S/C23H24N2O3/c1-4-23(5-2)14-15-9-6-7-12-18(15)20-19(23)21(26)25(22(27)24-20)16-10-8-11-17(13-16)28-3/h6-13H,4-5,14H2,1-3H3,(H,24,27). The number of ether oxygens (including phenoxy) is 1. The molecule has 1 heterocycles. The summed E-state index contributed by atoms with van der Waals surface area (Å²) in [5.41, 5.74) is 3.02. The Morgan fingerprint density at radius 1 is 1.07 bits per heavy atom. The molecule has 1 N–H and O–H groups in total. The van der Waals surface area contributed by atoms with Gasteiger partial charge < -0.3 is 9.72 Å². The van der Waals surface area contributed by atoms with E-state index in [0.29, 0.717) is 22.7 Å². The van der Waals surface area contributed by atoms with Gasteiger partial charge in [-0.1, -0.05) is 44.2 Å². The van der Waals surface area contributed by atoms with Crippen LogP contribution in [0.15, 0.2) is 58.1 Å². The summed E-state index contributed by atoms with van der Waals surface area (Å²) in [6.07, 6.45) is 2.44. The second-order valence-electron chi connectivity index (χ2n) is 7.34. The Kier molecular flexibility index (Phi) is 4.46. The highest BCUT2D eigenvalue weighted by Crippen LogP contribution is 2.44. The smallest absolute Gasteiger partial charge is 0.333 e. The lowest BCUT2D eigenvalue weighted by Gasteiger charge is -2.38. The van der Waals surface area contributed by atoms with E-state index in [9.17, 15) is 9.59 Å². The molecule has 2 aromatic carbocycles. The minimum Gasteiger partial charge on any atom is -0.497 e. The third-order valence-corrected chi connectivity index (χ3v) is 6.11. The predicted molar refractivity (Wildman–Crippen MR) is 111 cm³/mol. The fraction of sp³-hybridized carbons (Fsp3) is 0.304. The lowest BCUT2D eigenvalue weighted by molar-refractivity contribution is 0.381. The predicted octanol–water partition coefficient (Wildman–Crippen LogP) is 3.82. The SMILES string of the molecule is CCC1(CC)Cc2ccccc2-c2[nH]c(=O)n(-c3cccc(OC)c3)c(=O)c21. The van der Waals surface area contributed by atoms with Gasteiger partial charge in [-0.3, -0.25) is 4.79 Å².